The van der Waals surface area contributed by atoms with Crippen LogP contribution in [0, 0.1) is 22.7 Å². The predicted octanol–water partition coefficient (Wildman–Crippen LogP) is 4.13. The molecule has 3 rings (SSSR count). The van der Waals surface area contributed by atoms with E-state index in [1.54, 1.807) is 18.6 Å². The molecule has 0 aliphatic heterocycles. The molecule has 0 bridgehead atoms. The van der Waals surface area contributed by atoms with Crippen LogP contribution in [0.1, 0.15) is 45.6 Å². The second kappa shape index (κ2) is 5.92. The molecule has 1 aromatic heterocycles. The molecular formula is C20H26O4. The predicted molar refractivity (Wildman–Crippen MR) is 92.2 cm³/mol. The smallest absolute Gasteiger partial charge is 0.331 e. The number of carbonyl (C=O) groups is 1. The van der Waals surface area contributed by atoms with E-state index in [4.69, 9.17) is 4.42 Å². The van der Waals surface area contributed by atoms with Gasteiger partial charge < -0.3 is 14.6 Å². The second-order valence-corrected chi connectivity index (χ2v) is 7.85. The zero-order chi connectivity index (χ0) is 17.5. The summed E-state index contributed by atoms with van der Waals surface area (Å²) in [4.78, 5) is 11.8. The van der Waals surface area contributed by atoms with Crippen LogP contribution in [0.2, 0.25) is 0 Å². The summed E-state index contributed by atoms with van der Waals surface area (Å²) >= 11 is 0. The number of carboxylic acid groups (broad SMARTS) is 1. The van der Waals surface area contributed by atoms with Crippen LogP contribution in [-0.2, 0) is 4.79 Å². The minimum atomic E-state index is -0.906. The minimum absolute atomic E-state index is 0.0861. The molecule has 2 aliphatic carbocycles. The van der Waals surface area contributed by atoms with Crippen molar-refractivity contribution < 1.29 is 19.4 Å². The number of aliphatic hydroxyl groups is 1. The Labute approximate surface area is 142 Å². The monoisotopic (exact) mass is 330 g/mol. The van der Waals surface area contributed by atoms with Gasteiger partial charge >= 0.3 is 5.97 Å². The highest BCUT2D eigenvalue weighted by molar-refractivity contribution is 5.88. The van der Waals surface area contributed by atoms with E-state index < -0.39 is 17.5 Å². The van der Waals surface area contributed by atoms with Crippen molar-refractivity contribution in [2.45, 2.75) is 46.1 Å². The lowest BCUT2D eigenvalue weighted by atomic mass is 9.47. The van der Waals surface area contributed by atoms with Crippen LogP contribution in [0.5, 0.6) is 0 Å². The number of furan rings is 1. The van der Waals surface area contributed by atoms with Gasteiger partial charge in [0.25, 0.3) is 0 Å². The normalized spacial score (nSPS) is 39.5. The third kappa shape index (κ3) is 2.63. The van der Waals surface area contributed by atoms with Crippen molar-refractivity contribution in [3.63, 3.8) is 0 Å². The van der Waals surface area contributed by atoms with Crippen molar-refractivity contribution in [2.24, 2.45) is 22.7 Å². The molecule has 1 saturated carbocycles. The van der Waals surface area contributed by atoms with E-state index in [1.807, 2.05) is 6.07 Å². The maximum atomic E-state index is 11.8. The van der Waals surface area contributed by atoms with E-state index in [0.29, 0.717) is 17.9 Å². The lowest BCUT2D eigenvalue weighted by Gasteiger charge is -2.57. The average Bonchev–Trinajstić information content (AvgIpc) is 3.04. The van der Waals surface area contributed by atoms with Crippen LogP contribution < -0.4 is 0 Å². The van der Waals surface area contributed by atoms with Crippen LogP contribution in [0.25, 0.3) is 6.08 Å². The molecule has 0 unspecified atom stereocenters. The highest BCUT2D eigenvalue weighted by Crippen LogP contribution is 2.61. The number of hydrogen-bond donors (Lipinski definition) is 2. The Kier molecular flexibility index (Phi) is 4.20. The van der Waals surface area contributed by atoms with Gasteiger partial charge in [0.1, 0.15) is 0 Å². The van der Waals surface area contributed by atoms with Gasteiger partial charge in [0.2, 0.25) is 0 Å². The molecule has 0 radical (unpaired) electrons. The molecule has 1 aromatic rings. The highest BCUT2D eigenvalue weighted by atomic mass is 16.4. The van der Waals surface area contributed by atoms with E-state index in [0.717, 1.165) is 18.4 Å². The van der Waals surface area contributed by atoms with Crippen molar-refractivity contribution in [3.8, 4) is 0 Å². The molecule has 2 aliphatic rings. The summed E-state index contributed by atoms with van der Waals surface area (Å²) in [5.41, 5.74) is 0.787. The molecular weight excluding hydrogens is 304 g/mol. The molecule has 0 aromatic carbocycles. The van der Waals surface area contributed by atoms with Gasteiger partial charge in [-0.3, -0.25) is 0 Å². The second-order valence-electron chi connectivity index (χ2n) is 7.85. The number of allylic oxidation sites excluding steroid dienone is 1. The Morgan fingerprint density at radius 2 is 2.17 bits per heavy atom. The molecule has 0 spiro atoms. The molecule has 130 valence electrons. The van der Waals surface area contributed by atoms with Gasteiger partial charge in [0, 0.05) is 16.6 Å². The van der Waals surface area contributed by atoms with Gasteiger partial charge in [-0.25, -0.2) is 4.79 Å². The molecule has 5 atom stereocenters. The topological polar surface area (TPSA) is 70.7 Å². The van der Waals surface area contributed by atoms with Crippen molar-refractivity contribution in [1.82, 2.24) is 0 Å². The van der Waals surface area contributed by atoms with Crippen LogP contribution in [0.3, 0.4) is 0 Å². The number of fused-ring (bicyclic) bond motifs is 1. The van der Waals surface area contributed by atoms with Gasteiger partial charge in [0.05, 0.1) is 18.6 Å². The zero-order valence-corrected chi connectivity index (χ0v) is 14.5. The first-order chi connectivity index (χ1) is 11.3. The van der Waals surface area contributed by atoms with E-state index >= 15 is 0 Å². The first kappa shape index (κ1) is 17.0. The number of aliphatic carboxylic acids is 1. The first-order valence-electron chi connectivity index (χ1n) is 8.62. The van der Waals surface area contributed by atoms with E-state index in [1.165, 1.54) is 0 Å². The summed E-state index contributed by atoms with van der Waals surface area (Å²) in [6.45, 7) is 6.48. The van der Waals surface area contributed by atoms with Gasteiger partial charge in [-0.1, -0.05) is 32.9 Å². The standard InChI is InChI=1S/C20H26O4/c1-13-4-7-20(3)16(18(22)23)10-15(21)11-17(20)19(13,2)8-5-14-6-9-24-12-14/h5-6,8-10,12-13,15,17,21H,4,7,11H2,1-3H3,(H,22,23)/b8-5+/t13-,15+,17-,19+,20+/m1/s1. The molecule has 4 heteroatoms. The fourth-order valence-corrected chi connectivity index (χ4v) is 4.80. The summed E-state index contributed by atoms with van der Waals surface area (Å²) in [6, 6.07) is 1.91. The largest absolute Gasteiger partial charge is 0.478 e. The Morgan fingerprint density at radius 1 is 1.42 bits per heavy atom. The fraction of sp³-hybridized carbons (Fsp3) is 0.550. The molecule has 1 fully saturated rings. The van der Waals surface area contributed by atoms with Gasteiger partial charge in [-0.05, 0) is 48.7 Å². The average molecular weight is 330 g/mol. The molecule has 4 nitrogen and oxygen atoms in total. The Morgan fingerprint density at radius 3 is 2.79 bits per heavy atom. The Hall–Kier alpha value is -1.81. The molecule has 24 heavy (non-hydrogen) atoms. The van der Waals surface area contributed by atoms with Crippen LogP contribution >= 0.6 is 0 Å². The van der Waals surface area contributed by atoms with Crippen molar-refractivity contribution in [3.05, 3.63) is 41.9 Å². The van der Waals surface area contributed by atoms with E-state index in [2.05, 4.69) is 32.9 Å². The highest BCUT2D eigenvalue weighted by Gasteiger charge is 2.55. The maximum Gasteiger partial charge on any atom is 0.331 e. The van der Waals surface area contributed by atoms with Crippen LogP contribution in [0.4, 0.5) is 0 Å². The number of aliphatic hydroxyl groups excluding tert-OH is 1. The number of carboxylic acids is 1. The quantitative estimate of drug-likeness (QED) is 0.874. The zero-order valence-electron chi connectivity index (χ0n) is 14.5. The third-order valence-corrected chi connectivity index (χ3v) is 6.54. The fourth-order valence-electron chi connectivity index (χ4n) is 4.80. The van der Waals surface area contributed by atoms with Crippen molar-refractivity contribution in [1.29, 1.82) is 0 Å². The summed E-state index contributed by atoms with van der Waals surface area (Å²) in [6.07, 6.45) is 10.9. The number of hydrogen-bond acceptors (Lipinski definition) is 3. The summed E-state index contributed by atoms with van der Waals surface area (Å²) < 4.78 is 5.13. The molecule has 2 N–H and O–H groups in total. The van der Waals surface area contributed by atoms with Crippen LogP contribution in [-0.4, -0.2) is 22.3 Å². The number of rotatable bonds is 3. The van der Waals surface area contributed by atoms with Gasteiger partial charge in [0.15, 0.2) is 0 Å². The van der Waals surface area contributed by atoms with E-state index in [9.17, 15) is 15.0 Å². The molecule has 1 heterocycles. The van der Waals surface area contributed by atoms with Crippen molar-refractivity contribution in [2.75, 3.05) is 0 Å². The van der Waals surface area contributed by atoms with Crippen molar-refractivity contribution >= 4 is 12.0 Å². The summed E-state index contributed by atoms with van der Waals surface area (Å²) in [7, 11) is 0. The SMILES string of the molecule is C[C@@H]1CC[C@@]2(C)C(C(=O)O)=C[C@H](O)C[C@@H]2[C@@]1(C)/C=C/c1ccoc1. The lowest BCUT2D eigenvalue weighted by molar-refractivity contribution is -0.137. The van der Waals surface area contributed by atoms with E-state index in [-0.39, 0.29) is 11.3 Å². The van der Waals surface area contributed by atoms with Crippen LogP contribution in [0.15, 0.2) is 40.7 Å². The van der Waals surface area contributed by atoms with Gasteiger partial charge in [-0.2, -0.15) is 0 Å². The Balaban J connectivity index is 2.03. The molecule has 0 saturated heterocycles. The third-order valence-electron chi connectivity index (χ3n) is 6.54. The summed E-state index contributed by atoms with van der Waals surface area (Å²) in [5, 5.41) is 19.9. The summed E-state index contributed by atoms with van der Waals surface area (Å²) in [5.74, 6) is -0.404. The Bertz CT molecular complexity index is 672. The maximum absolute atomic E-state index is 11.8. The minimum Gasteiger partial charge on any atom is -0.478 e. The molecule has 0 amide bonds. The first-order valence-corrected chi connectivity index (χ1v) is 8.62. The lowest BCUT2D eigenvalue weighted by Crippen LogP contribution is -2.52. The van der Waals surface area contributed by atoms with Gasteiger partial charge in [-0.15, -0.1) is 0 Å².